The van der Waals surface area contributed by atoms with E-state index in [1.54, 1.807) is 47.9 Å². The van der Waals surface area contributed by atoms with Gasteiger partial charge in [0, 0.05) is 17.2 Å². The first kappa shape index (κ1) is 27.9. The van der Waals surface area contributed by atoms with Crippen molar-refractivity contribution in [3.63, 3.8) is 0 Å². The molecule has 0 radical (unpaired) electrons. The summed E-state index contributed by atoms with van der Waals surface area (Å²) in [7, 11) is 1.33. The van der Waals surface area contributed by atoms with Crippen molar-refractivity contribution in [1.82, 2.24) is 4.57 Å². The topological polar surface area (TPSA) is 100 Å². The summed E-state index contributed by atoms with van der Waals surface area (Å²) in [4.78, 5) is 44.8. The number of nitrogens with zero attached hydrogens (tertiary/aromatic N) is 2. The molecule has 0 amide bonds. The molecule has 0 bridgehead atoms. The normalized spacial score (nSPS) is 14.7. The Hall–Kier alpha value is -5.28. The third kappa shape index (κ3) is 5.38. The molecule has 2 aromatic heterocycles. The Kier molecular flexibility index (Phi) is 7.72. The number of methoxy groups -OCH3 is 1. The van der Waals surface area contributed by atoms with E-state index in [0.29, 0.717) is 43.3 Å². The van der Waals surface area contributed by atoms with Gasteiger partial charge in [-0.25, -0.2) is 14.6 Å². The van der Waals surface area contributed by atoms with E-state index < -0.39 is 18.0 Å². The molecule has 214 valence electrons. The molecule has 0 aliphatic carbocycles. The summed E-state index contributed by atoms with van der Waals surface area (Å²) in [5.74, 6) is 0.00801. The maximum atomic E-state index is 14.0. The Morgan fingerprint density at radius 2 is 1.65 bits per heavy atom. The van der Waals surface area contributed by atoms with Crippen molar-refractivity contribution in [2.45, 2.75) is 13.0 Å². The number of benzene rings is 3. The van der Waals surface area contributed by atoms with Gasteiger partial charge in [-0.05, 0) is 36.8 Å². The van der Waals surface area contributed by atoms with Crippen LogP contribution in [0.2, 0.25) is 0 Å². The highest BCUT2D eigenvalue weighted by atomic mass is 32.1. The number of rotatable bonds is 7. The highest BCUT2D eigenvalue weighted by Gasteiger charge is 2.35. The lowest BCUT2D eigenvalue weighted by Gasteiger charge is -2.25. The number of ether oxygens (including phenoxy) is 2. The predicted octanol–water partition coefficient (Wildman–Crippen LogP) is 4.98. The first-order chi connectivity index (χ1) is 21.0. The average Bonchev–Trinajstić information content (AvgIpc) is 3.65. The minimum Gasteiger partial charge on any atom is -0.465 e. The van der Waals surface area contributed by atoms with Crippen LogP contribution in [0.3, 0.4) is 0 Å². The molecule has 1 aliphatic rings. The van der Waals surface area contributed by atoms with Crippen LogP contribution in [-0.4, -0.2) is 30.2 Å². The second kappa shape index (κ2) is 11.9. The zero-order valence-electron chi connectivity index (χ0n) is 23.4. The van der Waals surface area contributed by atoms with Gasteiger partial charge in [-0.1, -0.05) is 84.1 Å². The molecule has 0 saturated heterocycles. The van der Waals surface area contributed by atoms with Crippen molar-refractivity contribution in [3.8, 4) is 11.3 Å². The molecule has 0 spiro atoms. The SMILES string of the molecule is CCOC(=O)C1=C(c2ccccc2)N=c2s/c(=C\c3ccc(-c4cccc(C(=O)OC)c4)o3)c(=O)n2C1c1ccccc1. The summed E-state index contributed by atoms with van der Waals surface area (Å²) >= 11 is 1.22. The van der Waals surface area contributed by atoms with Crippen molar-refractivity contribution in [1.29, 1.82) is 0 Å². The Bertz CT molecular complexity index is 2040. The Labute approximate surface area is 250 Å². The van der Waals surface area contributed by atoms with Crippen molar-refractivity contribution in [3.05, 3.63) is 145 Å². The number of carbonyl (C=O) groups is 2. The van der Waals surface area contributed by atoms with E-state index in [1.165, 1.54) is 18.4 Å². The smallest absolute Gasteiger partial charge is 0.338 e. The predicted molar refractivity (Wildman–Crippen MR) is 163 cm³/mol. The zero-order valence-corrected chi connectivity index (χ0v) is 24.2. The van der Waals surface area contributed by atoms with Crippen LogP contribution in [0.5, 0.6) is 0 Å². The van der Waals surface area contributed by atoms with Gasteiger partial charge in [0.25, 0.3) is 5.56 Å². The lowest BCUT2D eigenvalue weighted by molar-refractivity contribution is -0.138. The van der Waals surface area contributed by atoms with Crippen LogP contribution in [0, 0.1) is 0 Å². The van der Waals surface area contributed by atoms with Gasteiger partial charge in [0.15, 0.2) is 4.80 Å². The molecule has 3 heterocycles. The Morgan fingerprint density at radius 1 is 0.930 bits per heavy atom. The van der Waals surface area contributed by atoms with E-state index in [1.807, 2.05) is 66.7 Å². The van der Waals surface area contributed by atoms with E-state index in [-0.39, 0.29) is 12.2 Å². The van der Waals surface area contributed by atoms with Crippen LogP contribution in [0.25, 0.3) is 23.1 Å². The fourth-order valence-electron chi connectivity index (χ4n) is 5.02. The summed E-state index contributed by atoms with van der Waals surface area (Å²) in [6, 6.07) is 28.5. The summed E-state index contributed by atoms with van der Waals surface area (Å²) in [6.45, 7) is 1.93. The third-order valence-electron chi connectivity index (χ3n) is 6.96. The molecule has 1 aliphatic heterocycles. The third-order valence-corrected chi connectivity index (χ3v) is 7.94. The molecular formula is C34H26N2O6S. The van der Waals surface area contributed by atoms with Gasteiger partial charge >= 0.3 is 11.9 Å². The molecular weight excluding hydrogens is 564 g/mol. The molecule has 5 aromatic rings. The van der Waals surface area contributed by atoms with Crippen LogP contribution >= 0.6 is 11.3 Å². The monoisotopic (exact) mass is 590 g/mol. The molecule has 3 aromatic carbocycles. The van der Waals surface area contributed by atoms with Gasteiger partial charge in [0.05, 0.1) is 41.1 Å². The van der Waals surface area contributed by atoms with E-state index in [0.717, 1.165) is 11.1 Å². The first-order valence-electron chi connectivity index (χ1n) is 13.6. The average molecular weight is 591 g/mol. The van der Waals surface area contributed by atoms with E-state index in [9.17, 15) is 14.4 Å². The molecule has 0 saturated carbocycles. The van der Waals surface area contributed by atoms with Crippen LogP contribution < -0.4 is 14.9 Å². The number of thiazole rings is 1. The molecule has 1 atom stereocenters. The van der Waals surface area contributed by atoms with Crippen molar-refractivity contribution < 1.29 is 23.5 Å². The summed E-state index contributed by atoms with van der Waals surface area (Å²) < 4.78 is 18.3. The zero-order chi connectivity index (χ0) is 29.9. The van der Waals surface area contributed by atoms with Gasteiger partial charge in [-0.3, -0.25) is 9.36 Å². The number of furan rings is 1. The minimum atomic E-state index is -0.748. The molecule has 0 fully saturated rings. The summed E-state index contributed by atoms with van der Waals surface area (Å²) in [5, 5.41) is 0. The highest BCUT2D eigenvalue weighted by Crippen LogP contribution is 2.35. The first-order valence-corrected chi connectivity index (χ1v) is 14.4. The summed E-state index contributed by atoms with van der Waals surface area (Å²) in [5.41, 5.74) is 3.05. The maximum Gasteiger partial charge on any atom is 0.338 e. The number of fused-ring (bicyclic) bond motifs is 1. The largest absolute Gasteiger partial charge is 0.465 e. The van der Waals surface area contributed by atoms with Crippen LogP contribution in [0.4, 0.5) is 0 Å². The van der Waals surface area contributed by atoms with E-state index in [2.05, 4.69) is 0 Å². The highest BCUT2D eigenvalue weighted by molar-refractivity contribution is 7.07. The van der Waals surface area contributed by atoms with Crippen molar-refractivity contribution >= 4 is 35.0 Å². The molecule has 8 nitrogen and oxygen atoms in total. The summed E-state index contributed by atoms with van der Waals surface area (Å²) in [6.07, 6.45) is 1.66. The number of hydrogen-bond donors (Lipinski definition) is 0. The maximum absolute atomic E-state index is 14.0. The molecule has 0 N–H and O–H groups in total. The number of aromatic nitrogens is 1. The number of carbonyl (C=O) groups excluding carboxylic acids is 2. The molecule has 1 unspecified atom stereocenters. The molecule has 6 rings (SSSR count). The fourth-order valence-corrected chi connectivity index (χ4v) is 6.00. The lowest BCUT2D eigenvalue weighted by Crippen LogP contribution is -2.39. The minimum absolute atomic E-state index is 0.180. The number of hydrogen-bond acceptors (Lipinski definition) is 8. The van der Waals surface area contributed by atoms with Gasteiger partial charge in [-0.15, -0.1) is 0 Å². The standard InChI is InChI=1S/C34H26N2O6S/c1-3-41-33(39)28-29(21-11-6-4-7-12-21)35-34-36(30(28)22-13-8-5-9-14-22)31(37)27(43-34)20-25-17-18-26(42-25)23-15-10-16-24(19-23)32(38)40-2/h4-20,30H,3H2,1-2H3/b27-20-. The lowest BCUT2D eigenvalue weighted by atomic mass is 9.93. The second-order valence-corrected chi connectivity index (χ2v) is 10.6. The van der Waals surface area contributed by atoms with Gasteiger partial charge in [0.1, 0.15) is 11.5 Å². The molecule has 43 heavy (non-hydrogen) atoms. The number of esters is 2. The van der Waals surface area contributed by atoms with Gasteiger partial charge in [-0.2, -0.15) is 0 Å². The van der Waals surface area contributed by atoms with Gasteiger partial charge in [0.2, 0.25) is 0 Å². The quantitative estimate of drug-likeness (QED) is 0.248. The Morgan fingerprint density at radius 3 is 2.37 bits per heavy atom. The van der Waals surface area contributed by atoms with Gasteiger partial charge < -0.3 is 13.9 Å². The fraction of sp³-hybridized carbons (Fsp3) is 0.118. The van der Waals surface area contributed by atoms with Crippen LogP contribution in [0.1, 0.15) is 40.2 Å². The van der Waals surface area contributed by atoms with Crippen molar-refractivity contribution in [2.24, 2.45) is 4.99 Å². The van der Waals surface area contributed by atoms with Crippen LogP contribution in [-0.2, 0) is 14.3 Å². The Balaban J connectivity index is 1.51. The van der Waals surface area contributed by atoms with Crippen molar-refractivity contribution in [2.75, 3.05) is 13.7 Å². The van der Waals surface area contributed by atoms with E-state index >= 15 is 0 Å². The van der Waals surface area contributed by atoms with Crippen LogP contribution in [0.15, 0.2) is 117 Å². The van der Waals surface area contributed by atoms with E-state index in [4.69, 9.17) is 18.9 Å². The molecule has 9 heteroatoms. The second-order valence-electron chi connectivity index (χ2n) is 9.62.